The summed E-state index contributed by atoms with van der Waals surface area (Å²) in [5.41, 5.74) is 0.940. The van der Waals surface area contributed by atoms with E-state index in [0.717, 1.165) is 0 Å². The fourth-order valence-corrected chi connectivity index (χ4v) is 2.82. The van der Waals surface area contributed by atoms with Crippen molar-refractivity contribution >= 4 is 21.6 Å². The van der Waals surface area contributed by atoms with Crippen LogP contribution in [0.3, 0.4) is 0 Å². The second-order valence-corrected chi connectivity index (χ2v) is 6.50. The van der Waals surface area contributed by atoms with E-state index in [-0.39, 0.29) is 17.3 Å². The van der Waals surface area contributed by atoms with Crippen molar-refractivity contribution in [2.24, 2.45) is 0 Å². The van der Waals surface area contributed by atoms with Crippen LogP contribution in [0.4, 0.5) is 5.69 Å². The Labute approximate surface area is 140 Å². The van der Waals surface area contributed by atoms with Gasteiger partial charge < -0.3 is 10.1 Å². The minimum absolute atomic E-state index is 0.0405. The Bertz CT molecular complexity index is 851. The summed E-state index contributed by atoms with van der Waals surface area (Å²) < 4.78 is 31.1. The molecule has 7 heteroatoms. The van der Waals surface area contributed by atoms with Gasteiger partial charge in [-0.05, 0) is 48.5 Å². The topological polar surface area (TPSA) is 84.5 Å². The second-order valence-electron chi connectivity index (χ2n) is 4.74. The first-order valence-electron chi connectivity index (χ1n) is 6.95. The molecule has 2 rings (SSSR count). The van der Waals surface area contributed by atoms with Gasteiger partial charge in [-0.15, -0.1) is 6.42 Å². The SMILES string of the molecule is C#CCNS(=O)(=O)c1ccc(C(=O)Nc2ccc(OC)cc2)cc1. The third-order valence-corrected chi connectivity index (χ3v) is 4.56. The molecule has 0 aromatic heterocycles. The van der Waals surface area contributed by atoms with Crippen LogP contribution in [-0.2, 0) is 10.0 Å². The molecular weight excluding hydrogens is 328 g/mol. The number of amides is 1. The molecule has 1 amide bonds. The number of ether oxygens (including phenoxy) is 1. The Morgan fingerprint density at radius 1 is 1.12 bits per heavy atom. The molecule has 0 atom stereocenters. The first-order chi connectivity index (χ1) is 11.5. The lowest BCUT2D eigenvalue weighted by Crippen LogP contribution is -2.24. The third kappa shape index (κ3) is 4.35. The molecule has 0 saturated heterocycles. The zero-order valence-electron chi connectivity index (χ0n) is 12.9. The maximum Gasteiger partial charge on any atom is 0.255 e. The number of sulfonamides is 1. The Kier molecular flexibility index (Phi) is 5.58. The van der Waals surface area contributed by atoms with Crippen LogP contribution < -0.4 is 14.8 Å². The third-order valence-electron chi connectivity index (χ3n) is 3.14. The predicted molar refractivity (Wildman–Crippen MR) is 91.4 cm³/mol. The molecule has 0 aliphatic carbocycles. The van der Waals surface area contributed by atoms with Gasteiger partial charge in [0, 0.05) is 11.3 Å². The summed E-state index contributed by atoms with van der Waals surface area (Å²) in [5, 5.41) is 2.72. The Balaban J connectivity index is 2.09. The van der Waals surface area contributed by atoms with Crippen LogP contribution in [0, 0.1) is 12.3 Å². The van der Waals surface area contributed by atoms with E-state index in [1.165, 1.54) is 24.3 Å². The van der Waals surface area contributed by atoms with Crippen molar-refractivity contribution in [2.75, 3.05) is 19.0 Å². The molecule has 2 N–H and O–H groups in total. The van der Waals surface area contributed by atoms with Crippen LogP contribution in [-0.4, -0.2) is 28.0 Å². The number of carbonyl (C=O) groups is 1. The highest BCUT2D eigenvalue weighted by molar-refractivity contribution is 7.89. The molecule has 2 aromatic rings. The first-order valence-corrected chi connectivity index (χ1v) is 8.43. The molecule has 2 aromatic carbocycles. The van der Waals surface area contributed by atoms with Gasteiger partial charge in [-0.25, -0.2) is 8.42 Å². The zero-order chi connectivity index (χ0) is 17.6. The van der Waals surface area contributed by atoms with Crippen LogP contribution in [0.1, 0.15) is 10.4 Å². The van der Waals surface area contributed by atoms with E-state index in [0.29, 0.717) is 17.0 Å². The van der Waals surface area contributed by atoms with E-state index in [1.54, 1.807) is 31.4 Å². The highest BCUT2D eigenvalue weighted by atomic mass is 32.2. The number of benzene rings is 2. The molecule has 0 radical (unpaired) electrons. The van der Waals surface area contributed by atoms with Gasteiger partial charge in [-0.2, -0.15) is 4.72 Å². The van der Waals surface area contributed by atoms with Gasteiger partial charge in [-0.1, -0.05) is 5.92 Å². The van der Waals surface area contributed by atoms with E-state index in [1.807, 2.05) is 0 Å². The molecule has 0 unspecified atom stereocenters. The number of rotatable bonds is 6. The molecule has 0 fully saturated rings. The Morgan fingerprint density at radius 3 is 2.29 bits per heavy atom. The highest BCUT2D eigenvalue weighted by Crippen LogP contribution is 2.16. The molecule has 0 saturated carbocycles. The van der Waals surface area contributed by atoms with Gasteiger partial charge in [0.25, 0.3) is 5.91 Å². The van der Waals surface area contributed by atoms with Crippen molar-refractivity contribution in [1.29, 1.82) is 0 Å². The number of methoxy groups -OCH3 is 1. The number of carbonyl (C=O) groups excluding carboxylic acids is 1. The van der Waals surface area contributed by atoms with Crippen molar-refractivity contribution in [3.63, 3.8) is 0 Å². The normalized spacial score (nSPS) is 10.7. The fourth-order valence-electron chi connectivity index (χ4n) is 1.88. The van der Waals surface area contributed by atoms with Gasteiger partial charge in [0.1, 0.15) is 5.75 Å². The molecule has 0 aliphatic rings. The second kappa shape index (κ2) is 7.64. The fraction of sp³-hybridized carbons (Fsp3) is 0.118. The Hall–Kier alpha value is -2.82. The Morgan fingerprint density at radius 2 is 1.75 bits per heavy atom. The summed E-state index contributed by atoms with van der Waals surface area (Å²) in [5.74, 6) is 2.53. The molecule has 0 aliphatic heterocycles. The average Bonchev–Trinajstić information content (AvgIpc) is 2.60. The lowest BCUT2D eigenvalue weighted by molar-refractivity contribution is 0.102. The lowest BCUT2D eigenvalue weighted by Gasteiger charge is -2.08. The number of hydrogen-bond acceptors (Lipinski definition) is 4. The smallest absolute Gasteiger partial charge is 0.255 e. The molecular formula is C17H16N2O4S. The quantitative estimate of drug-likeness (QED) is 0.784. The summed E-state index contributed by atoms with van der Waals surface area (Å²) >= 11 is 0. The van der Waals surface area contributed by atoms with Crippen LogP contribution >= 0.6 is 0 Å². The zero-order valence-corrected chi connectivity index (χ0v) is 13.8. The number of terminal acetylenes is 1. The van der Waals surface area contributed by atoms with E-state index in [9.17, 15) is 13.2 Å². The maximum atomic E-state index is 12.2. The first kappa shape index (κ1) is 17.5. The van der Waals surface area contributed by atoms with Crippen molar-refractivity contribution < 1.29 is 17.9 Å². The van der Waals surface area contributed by atoms with Gasteiger partial charge in [0.15, 0.2) is 0 Å². The standard InChI is InChI=1S/C17H16N2O4S/c1-3-12-18-24(21,22)16-10-4-13(5-11-16)17(20)19-14-6-8-15(23-2)9-7-14/h1,4-11,18H,12H2,2H3,(H,19,20). The summed E-state index contributed by atoms with van der Waals surface area (Å²) in [6.45, 7) is -0.0952. The largest absolute Gasteiger partial charge is 0.497 e. The summed E-state index contributed by atoms with van der Waals surface area (Å²) in [7, 11) is -2.11. The number of nitrogens with one attached hydrogen (secondary N) is 2. The van der Waals surface area contributed by atoms with Crippen molar-refractivity contribution in [1.82, 2.24) is 4.72 Å². The molecule has 6 nitrogen and oxygen atoms in total. The summed E-state index contributed by atoms with van der Waals surface area (Å²) in [6, 6.07) is 12.4. The summed E-state index contributed by atoms with van der Waals surface area (Å²) in [6.07, 6.45) is 5.03. The van der Waals surface area contributed by atoms with Crippen LogP contribution in [0.15, 0.2) is 53.4 Å². The number of hydrogen-bond donors (Lipinski definition) is 2. The van der Waals surface area contributed by atoms with Crippen molar-refractivity contribution in [3.8, 4) is 18.1 Å². The van der Waals surface area contributed by atoms with Crippen LogP contribution in [0.5, 0.6) is 5.75 Å². The molecule has 0 bridgehead atoms. The van der Waals surface area contributed by atoms with Gasteiger partial charge in [0.05, 0.1) is 18.6 Å². The van der Waals surface area contributed by atoms with E-state index < -0.39 is 10.0 Å². The van der Waals surface area contributed by atoms with E-state index in [4.69, 9.17) is 11.2 Å². The molecule has 0 spiro atoms. The lowest BCUT2D eigenvalue weighted by atomic mass is 10.2. The van der Waals surface area contributed by atoms with Crippen molar-refractivity contribution in [3.05, 3.63) is 54.1 Å². The molecule has 0 heterocycles. The van der Waals surface area contributed by atoms with Gasteiger partial charge in [-0.3, -0.25) is 4.79 Å². The van der Waals surface area contributed by atoms with Crippen LogP contribution in [0.25, 0.3) is 0 Å². The van der Waals surface area contributed by atoms with Gasteiger partial charge >= 0.3 is 0 Å². The highest BCUT2D eigenvalue weighted by Gasteiger charge is 2.14. The predicted octanol–water partition coefficient (Wildman–Crippen LogP) is 1.86. The summed E-state index contributed by atoms with van der Waals surface area (Å²) in [4.78, 5) is 12.2. The van der Waals surface area contributed by atoms with Gasteiger partial charge in [0.2, 0.25) is 10.0 Å². The maximum absolute atomic E-state index is 12.2. The van der Waals surface area contributed by atoms with Crippen LogP contribution in [0.2, 0.25) is 0 Å². The number of anilines is 1. The molecule has 24 heavy (non-hydrogen) atoms. The van der Waals surface area contributed by atoms with E-state index in [2.05, 4.69) is 16.0 Å². The monoisotopic (exact) mass is 344 g/mol. The molecule has 124 valence electrons. The minimum Gasteiger partial charge on any atom is -0.497 e. The van der Waals surface area contributed by atoms with Crippen molar-refractivity contribution in [2.45, 2.75) is 4.90 Å². The minimum atomic E-state index is -3.67. The van der Waals surface area contributed by atoms with E-state index >= 15 is 0 Å². The average molecular weight is 344 g/mol.